The Morgan fingerprint density at radius 3 is 2.00 bits per heavy atom. The molecular weight excluding hydrogens is 224 g/mol. The van der Waals surface area contributed by atoms with Crippen molar-refractivity contribution in [2.75, 3.05) is 6.61 Å². The number of aliphatic hydroxyl groups excluding tert-OH is 7. The summed E-state index contributed by atoms with van der Waals surface area (Å²) in [6.45, 7) is -0.775. The zero-order valence-corrected chi connectivity index (χ0v) is 8.29. The van der Waals surface area contributed by atoms with Gasteiger partial charge in [-0.2, -0.15) is 0 Å². The van der Waals surface area contributed by atoms with E-state index in [1.54, 1.807) is 0 Å². The van der Waals surface area contributed by atoms with E-state index in [0.29, 0.717) is 0 Å². The van der Waals surface area contributed by atoms with Gasteiger partial charge >= 0.3 is 0 Å². The number of hydrogen-bond acceptors (Lipinski definition) is 8. The number of aliphatic hydroxyl groups is 7. The first-order chi connectivity index (χ1) is 7.40. The maximum atomic E-state index is 9.44. The lowest BCUT2D eigenvalue weighted by atomic mass is 9.93. The van der Waals surface area contributed by atoms with Crippen LogP contribution in [0.3, 0.4) is 0 Å². The second-order valence-corrected chi connectivity index (χ2v) is 3.70. The maximum Gasteiger partial charge on any atom is 0.184 e. The first kappa shape index (κ1) is 13.7. The molecule has 0 saturated carbocycles. The Kier molecular flexibility index (Phi) is 4.59. The summed E-state index contributed by atoms with van der Waals surface area (Å²) >= 11 is 0. The average molecular weight is 240 g/mol. The van der Waals surface area contributed by atoms with Crippen molar-refractivity contribution < 1.29 is 40.5 Å². The Balaban J connectivity index is 2.73. The predicted octanol–water partition coefficient (Wildman–Crippen LogP) is -4.50. The molecule has 0 amide bonds. The fourth-order valence-corrected chi connectivity index (χ4v) is 1.50. The lowest BCUT2D eigenvalue weighted by Gasteiger charge is -2.40. The van der Waals surface area contributed by atoms with E-state index in [0.717, 1.165) is 0 Å². The molecular formula is C8H16O8. The van der Waals surface area contributed by atoms with Gasteiger partial charge in [0, 0.05) is 0 Å². The van der Waals surface area contributed by atoms with Gasteiger partial charge in [0.1, 0.15) is 36.6 Å². The molecule has 0 aliphatic carbocycles. The smallest absolute Gasteiger partial charge is 0.184 e. The summed E-state index contributed by atoms with van der Waals surface area (Å²) in [5, 5.41) is 64.1. The highest BCUT2D eigenvalue weighted by Gasteiger charge is 2.47. The quantitative estimate of drug-likeness (QED) is 0.261. The third-order valence-corrected chi connectivity index (χ3v) is 2.54. The van der Waals surface area contributed by atoms with Gasteiger partial charge in [-0.25, -0.2) is 0 Å². The van der Waals surface area contributed by atoms with Crippen LogP contribution in [0.25, 0.3) is 0 Å². The monoisotopic (exact) mass is 240 g/mol. The van der Waals surface area contributed by atoms with Gasteiger partial charge in [-0.15, -0.1) is 0 Å². The normalized spacial score (nSPS) is 44.1. The zero-order valence-electron chi connectivity index (χ0n) is 8.29. The van der Waals surface area contributed by atoms with Crippen molar-refractivity contribution in [3.8, 4) is 0 Å². The van der Waals surface area contributed by atoms with Gasteiger partial charge in [0.25, 0.3) is 0 Å². The third-order valence-electron chi connectivity index (χ3n) is 2.54. The molecule has 0 aromatic heterocycles. The molecule has 1 aliphatic rings. The van der Waals surface area contributed by atoms with Gasteiger partial charge in [-0.1, -0.05) is 0 Å². The van der Waals surface area contributed by atoms with Crippen LogP contribution < -0.4 is 0 Å². The summed E-state index contributed by atoms with van der Waals surface area (Å²) in [4.78, 5) is 0. The van der Waals surface area contributed by atoms with Crippen molar-refractivity contribution in [1.29, 1.82) is 0 Å². The number of ether oxygens (including phenoxy) is 1. The second kappa shape index (κ2) is 5.34. The highest BCUT2D eigenvalue weighted by molar-refractivity contribution is 4.93. The van der Waals surface area contributed by atoms with Gasteiger partial charge < -0.3 is 40.5 Å². The maximum absolute atomic E-state index is 9.44. The molecule has 0 bridgehead atoms. The third kappa shape index (κ3) is 2.50. The van der Waals surface area contributed by atoms with Crippen molar-refractivity contribution in [2.24, 2.45) is 0 Å². The largest absolute Gasteiger partial charge is 0.394 e. The molecule has 1 saturated heterocycles. The minimum atomic E-state index is -1.79. The lowest BCUT2D eigenvalue weighted by molar-refractivity contribution is -0.303. The molecule has 1 fully saturated rings. The van der Waals surface area contributed by atoms with Crippen molar-refractivity contribution in [2.45, 2.75) is 42.9 Å². The van der Waals surface area contributed by atoms with E-state index >= 15 is 0 Å². The Hall–Kier alpha value is -0.320. The Morgan fingerprint density at radius 2 is 1.50 bits per heavy atom. The van der Waals surface area contributed by atoms with Crippen LogP contribution in [0.5, 0.6) is 0 Å². The molecule has 1 heterocycles. The van der Waals surface area contributed by atoms with Crippen molar-refractivity contribution in [3.63, 3.8) is 0 Å². The second-order valence-electron chi connectivity index (χ2n) is 3.70. The van der Waals surface area contributed by atoms with E-state index in [1.165, 1.54) is 0 Å². The minimum absolute atomic E-state index is 0.775. The van der Waals surface area contributed by atoms with Crippen LogP contribution in [0.15, 0.2) is 0 Å². The van der Waals surface area contributed by atoms with Gasteiger partial charge in [-0.3, -0.25) is 0 Å². The van der Waals surface area contributed by atoms with E-state index in [4.69, 9.17) is 20.4 Å². The molecule has 7 atom stereocenters. The highest BCUT2D eigenvalue weighted by atomic mass is 16.6. The molecule has 0 aromatic rings. The Bertz CT molecular complexity index is 220. The van der Waals surface area contributed by atoms with Crippen molar-refractivity contribution in [1.82, 2.24) is 0 Å². The molecule has 0 spiro atoms. The van der Waals surface area contributed by atoms with Gasteiger partial charge in [0.15, 0.2) is 6.29 Å². The van der Waals surface area contributed by atoms with Crippen LogP contribution in [-0.2, 0) is 4.74 Å². The summed E-state index contributed by atoms with van der Waals surface area (Å²) in [5.41, 5.74) is 0. The van der Waals surface area contributed by atoms with Gasteiger partial charge in [-0.05, 0) is 0 Å². The fraction of sp³-hybridized carbons (Fsp3) is 1.00. The molecule has 16 heavy (non-hydrogen) atoms. The summed E-state index contributed by atoms with van der Waals surface area (Å²) < 4.78 is 4.64. The molecule has 0 aromatic carbocycles. The van der Waals surface area contributed by atoms with E-state index in [-0.39, 0.29) is 0 Å². The molecule has 1 rings (SSSR count). The summed E-state index contributed by atoms with van der Waals surface area (Å²) in [6, 6.07) is 0. The number of rotatable bonds is 3. The molecule has 7 N–H and O–H groups in total. The van der Waals surface area contributed by atoms with Crippen LogP contribution in [0.2, 0.25) is 0 Å². The van der Waals surface area contributed by atoms with E-state index < -0.39 is 49.5 Å². The van der Waals surface area contributed by atoms with Crippen LogP contribution in [-0.4, -0.2) is 85.3 Å². The summed E-state index contributed by atoms with van der Waals surface area (Å²) in [5.74, 6) is 0. The van der Waals surface area contributed by atoms with Crippen LogP contribution in [0, 0.1) is 0 Å². The van der Waals surface area contributed by atoms with Crippen molar-refractivity contribution in [3.05, 3.63) is 0 Å². The molecule has 0 unspecified atom stereocenters. The van der Waals surface area contributed by atoms with Crippen LogP contribution >= 0.6 is 0 Å². The first-order valence-corrected chi connectivity index (χ1v) is 4.75. The molecule has 96 valence electrons. The summed E-state index contributed by atoms with van der Waals surface area (Å²) in [7, 11) is 0. The summed E-state index contributed by atoms with van der Waals surface area (Å²) in [6.07, 6.45) is -11.7. The SMILES string of the molecule is OC[C@@H](O)[C@@H](O)[C@@H]1O[C@@H](O)[C@@H](O)[C@H](O)[C@@H]1O. The molecule has 1 aliphatic heterocycles. The van der Waals surface area contributed by atoms with E-state index in [1.807, 2.05) is 0 Å². The zero-order chi connectivity index (χ0) is 12.5. The molecule has 0 radical (unpaired) electrons. The van der Waals surface area contributed by atoms with Gasteiger partial charge in [0.05, 0.1) is 6.61 Å². The minimum Gasteiger partial charge on any atom is -0.394 e. The molecule has 8 nitrogen and oxygen atoms in total. The number of hydrogen-bond donors (Lipinski definition) is 7. The first-order valence-electron chi connectivity index (χ1n) is 4.75. The highest BCUT2D eigenvalue weighted by Crippen LogP contribution is 2.23. The Morgan fingerprint density at radius 1 is 0.938 bits per heavy atom. The topological polar surface area (TPSA) is 151 Å². The van der Waals surface area contributed by atoms with Gasteiger partial charge in [0.2, 0.25) is 0 Å². The predicted molar refractivity (Wildman–Crippen MR) is 48.0 cm³/mol. The lowest BCUT2D eigenvalue weighted by Crippen LogP contribution is -2.62. The molecule has 8 heteroatoms. The average Bonchev–Trinajstić information content (AvgIpc) is 2.29. The van der Waals surface area contributed by atoms with Crippen LogP contribution in [0.1, 0.15) is 0 Å². The van der Waals surface area contributed by atoms with E-state index in [9.17, 15) is 15.3 Å². The van der Waals surface area contributed by atoms with E-state index in [2.05, 4.69) is 4.74 Å². The fourth-order valence-electron chi connectivity index (χ4n) is 1.50. The Labute approximate surface area is 91.0 Å². The standard InChI is InChI=1S/C8H16O8/c9-1-2(10)3(11)7-5(13)4(12)6(14)8(15)16-7/h2-15H,1H2/t2-,3-,4-,5+,6+,7+,8-/m1/s1. The van der Waals surface area contributed by atoms with Crippen molar-refractivity contribution >= 4 is 0 Å². The van der Waals surface area contributed by atoms with Crippen LogP contribution in [0.4, 0.5) is 0 Å².